The molecule has 0 aliphatic rings. The lowest BCUT2D eigenvalue weighted by Gasteiger charge is -2.11. The van der Waals surface area contributed by atoms with E-state index in [0.29, 0.717) is 21.9 Å². The number of carbonyl (C=O) groups is 3. The maximum Gasteiger partial charge on any atom is 0.339 e. The quantitative estimate of drug-likeness (QED) is 0.239. The number of methoxy groups -OCH3 is 1. The monoisotopic (exact) mass is 464 g/mol. The Hall–Kier alpha value is -4.10. The van der Waals surface area contributed by atoms with Crippen LogP contribution >= 0.6 is 11.6 Å². The van der Waals surface area contributed by atoms with E-state index in [1.807, 2.05) is 30.3 Å². The summed E-state index contributed by atoms with van der Waals surface area (Å²) in [7, 11) is 1.52. The highest BCUT2D eigenvalue weighted by molar-refractivity contribution is 6.30. The Morgan fingerprint density at radius 2 is 1.48 bits per heavy atom. The molecule has 3 rings (SSSR count). The van der Waals surface area contributed by atoms with Gasteiger partial charge in [-0.3, -0.25) is 20.4 Å². The van der Waals surface area contributed by atoms with Gasteiger partial charge in [0.25, 0.3) is 11.8 Å². The zero-order chi connectivity index (χ0) is 23.6. The van der Waals surface area contributed by atoms with Gasteiger partial charge in [0, 0.05) is 10.6 Å². The molecule has 8 heteroatoms. The predicted octanol–water partition coefficient (Wildman–Crippen LogP) is 3.89. The molecule has 0 aliphatic heterocycles. The van der Waals surface area contributed by atoms with Crippen LogP contribution in [0, 0.1) is 0 Å². The summed E-state index contributed by atoms with van der Waals surface area (Å²) in [5, 5.41) is 0.526. The van der Waals surface area contributed by atoms with Crippen molar-refractivity contribution in [3.63, 3.8) is 0 Å². The molecule has 0 aliphatic carbocycles. The Morgan fingerprint density at radius 1 is 0.848 bits per heavy atom. The Balaban J connectivity index is 1.61. The zero-order valence-electron chi connectivity index (χ0n) is 17.7. The summed E-state index contributed by atoms with van der Waals surface area (Å²) in [6, 6.07) is 22.3. The lowest BCUT2D eigenvalue weighted by atomic mass is 10.0. The zero-order valence-corrected chi connectivity index (χ0v) is 18.5. The summed E-state index contributed by atoms with van der Waals surface area (Å²) in [5.74, 6) is -1.32. The minimum absolute atomic E-state index is 0.257. The van der Waals surface area contributed by atoms with Gasteiger partial charge >= 0.3 is 5.97 Å². The van der Waals surface area contributed by atoms with Crippen molar-refractivity contribution in [1.29, 1.82) is 0 Å². The van der Waals surface area contributed by atoms with Gasteiger partial charge in [0.1, 0.15) is 5.75 Å². The van der Waals surface area contributed by atoms with Crippen LogP contribution in [0.1, 0.15) is 21.5 Å². The summed E-state index contributed by atoms with van der Waals surface area (Å²) in [6.45, 7) is -0.582. The number of rotatable bonds is 7. The summed E-state index contributed by atoms with van der Waals surface area (Å²) in [5.41, 5.74) is 6.44. The Kier molecular flexibility index (Phi) is 8.21. The molecule has 0 radical (unpaired) electrons. The van der Waals surface area contributed by atoms with Crippen LogP contribution in [0.4, 0.5) is 0 Å². The summed E-state index contributed by atoms with van der Waals surface area (Å²) in [4.78, 5) is 37.0. The fourth-order valence-electron chi connectivity index (χ4n) is 2.79. The lowest BCUT2D eigenvalue weighted by Crippen LogP contribution is -2.43. The van der Waals surface area contributed by atoms with Crippen LogP contribution in [0.15, 0.2) is 78.9 Å². The number of carbonyl (C=O) groups excluding carboxylic acids is 3. The van der Waals surface area contributed by atoms with Crippen LogP contribution in [-0.2, 0) is 14.3 Å². The SMILES string of the molecule is COc1ccc(C(=O)NNC(=O)COC(=O)/C(=C/c2ccccc2)c2ccc(Cl)cc2)cc1. The molecule has 0 saturated heterocycles. The third-order valence-corrected chi connectivity index (χ3v) is 4.74. The van der Waals surface area contributed by atoms with Crippen molar-refractivity contribution in [2.24, 2.45) is 0 Å². The Morgan fingerprint density at radius 3 is 2.12 bits per heavy atom. The van der Waals surface area contributed by atoms with E-state index in [1.54, 1.807) is 54.6 Å². The first-order valence-corrected chi connectivity index (χ1v) is 10.3. The maximum absolute atomic E-state index is 12.8. The highest BCUT2D eigenvalue weighted by Gasteiger charge is 2.16. The number of amides is 2. The van der Waals surface area contributed by atoms with Crippen LogP contribution in [-0.4, -0.2) is 31.5 Å². The van der Waals surface area contributed by atoms with Gasteiger partial charge in [0.2, 0.25) is 0 Å². The number of nitrogens with one attached hydrogen (secondary N) is 2. The molecule has 0 aromatic heterocycles. The van der Waals surface area contributed by atoms with Crippen LogP contribution in [0.5, 0.6) is 5.75 Å². The van der Waals surface area contributed by atoms with Crippen molar-refractivity contribution >= 4 is 41.0 Å². The molecule has 3 aromatic rings. The van der Waals surface area contributed by atoms with Gasteiger partial charge in [-0.1, -0.05) is 54.1 Å². The van der Waals surface area contributed by atoms with Gasteiger partial charge in [0.15, 0.2) is 6.61 Å². The second-order valence-electron chi connectivity index (χ2n) is 6.78. The molecule has 0 fully saturated rings. The minimum atomic E-state index is -0.696. The highest BCUT2D eigenvalue weighted by Crippen LogP contribution is 2.22. The van der Waals surface area contributed by atoms with Gasteiger partial charge in [-0.15, -0.1) is 0 Å². The third-order valence-electron chi connectivity index (χ3n) is 4.49. The van der Waals surface area contributed by atoms with Gasteiger partial charge in [-0.25, -0.2) is 4.79 Å². The van der Waals surface area contributed by atoms with Crippen molar-refractivity contribution in [1.82, 2.24) is 10.9 Å². The van der Waals surface area contributed by atoms with E-state index < -0.39 is 24.4 Å². The van der Waals surface area contributed by atoms with E-state index in [-0.39, 0.29) is 5.57 Å². The summed E-state index contributed by atoms with van der Waals surface area (Å²) >= 11 is 5.95. The van der Waals surface area contributed by atoms with E-state index >= 15 is 0 Å². The molecule has 168 valence electrons. The second-order valence-corrected chi connectivity index (χ2v) is 7.22. The fourth-order valence-corrected chi connectivity index (χ4v) is 2.92. The molecule has 0 heterocycles. The lowest BCUT2D eigenvalue weighted by molar-refractivity contribution is -0.143. The molecule has 33 heavy (non-hydrogen) atoms. The topological polar surface area (TPSA) is 93.7 Å². The molecule has 0 saturated carbocycles. The first kappa shape index (κ1) is 23.6. The molecule has 3 aromatic carbocycles. The molecule has 0 spiro atoms. The van der Waals surface area contributed by atoms with Crippen molar-refractivity contribution < 1.29 is 23.9 Å². The third kappa shape index (κ3) is 6.95. The minimum Gasteiger partial charge on any atom is -0.497 e. The highest BCUT2D eigenvalue weighted by atomic mass is 35.5. The second kappa shape index (κ2) is 11.5. The van der Waals surface area contributed by atoms with Crippen LogP contribution in [0.25, 0.3) is 11.6 Å². The molecule has 0 unspecified atom stereocenters. The largest absolute Gasteiger partial charge is 0.497 e. The molecular weight excluding hydrogens is 444 g/mol. The smallest absolute Gasteiger partial charge is 0.339 e. The van der Waals surface area contributed by atoms with Gasteiger partial charge in [-0.05, 0) is 53.6 Å². The standard InChI is InChI=1S/C25H21ClN2O5/c1-32-21-13-9-19(10-14-21)24(30)28-27-23(29)16-33-25(31)22(15-17-5-3-2-4-6-17)18-7-11-20(26)12-8-18/h2-15H,16H2,1H3,(H,27,29)(H,28,30)/b22-15+. The van der Waals surface area contributed by atoms with E-state index in [4.69, 9.17) is 21.1 Å². The van der Waals surface area contributed by atoms with E-state index in [9.17, 15) is 14.4 Å². The average Bonchev–Trinajstić information content (AvgIpc) is 2.85. The number of esters is 1. The normalized spacial score (nSPS) is 10.8. The number of benzene rings is 3. The fraction of sp³-hybridized carbons (Fsp3) is 0.0800. The number of hydrogen-bond acceptors (Lipinski definition) is 5. The summed E-state index contributed by atoms with van der Waals surface area (Å²) < 4.78 is 10.2. The number of hydrogen-bond donors (Lipinski definition) is 2. The first-order valence-electron chi connectivity index (χ1n) is 9.89. The van der Waals surface area contributed by atoms with Crippen LogP contribution in [0.3, 0.4) is 0 Å². The molecular formula is C25H21ClN2O5. The van der Waals surface area contributed by atoms with E-state index in [0.717, 1.165) is 5.56 Å². The van der Waals surface area contributed by atoms with Crippen molar-refractivity contribution in [3.8, 4) is 5.75 Å². The molecule has 0 bridgehead atoms. The Bertz CT molecular complexity index is 1140. The Labute approximate surface area is 195 Å². The van der Waals surface area contributed by atoms with Gasteiger partial charge in [0.05, 0.1) is 12.7 Å². The number of hydrazine groups is 1. The molecule has 7 nitrogen and oxygen atoms in total. The number of ether oxygens (including phenoxy) is 2. The van der Waals surface area contributed by atoms with Crippen LogP contribution in [0.2, 0.25) is 5.02 Å². The maximum atomic E-state index is 12.8. The average molecular weight is 465 g/mol. The molecule has 0 atom stereocenters. The van der Waals surface area contributed by atoms with E-state index in [2.05, 4.69) is 10.9 Å². The van der Waals surface area contributed by atoms with Crippen molar-refractivity contribution in [2.75, 3.05) is 13.7 Å². The first-order chi connectivity index (χ1) is 16.0. The van der Waals surface area contributed by atoms with Crippen molar-refractivity contribution in [2.45, 2.75) is 0 Å². The molecule has 2 amide bonds. The number of halogens is 1. The van der Waals surface area contributed by atoms with Gasteiger partial charge < -0.3 is 9.47 Å². The predicted molar refractivity (Wildman–Crippen MR) is 125 cm³/mol. The van der Waals surface area contributed by atoms with E-state index in [1.165, 1.54) is 7.11 Å². The van der Waals surface area contributed by atoms with Crippen molar-refractivity contribution in [3.05, 3.63) is 101 Å². The summed E-state index contributed by atoms with van der Waals surface area (Å²) in [6.07, 6.45) is 1.66. The molecule has 2 N–H and O–H groups in total. The van der Waals surface area contributed by atoms with Crippen LogP contribution < -0.4 is 15.6 Å². The van der Waals surface area contributed by atoms with Gasteiger partial charge in [-0.2, -0.15) is 0 Å².